The first-order valence-corrected chi connectivity index (χ1v) is 7.82. The maximum absolute atomic E-state index is 13.7. The molecule has 24 heavy (non-hydrogen) atoms. The van der Waals surface area contributed by atoms with E-state index in [-0.39, 0.29) is 23.2 Å². The molecule has 3 aromatic rings. The van der Waals surface area contributed by atoms with Crippen molar-refractivity contribution in [1.82, 2.24) is 9.97 Å². The zero-order chi connectivity index (χ0) is 16.9. The molecule has 0 saturated heterocycles. The summed E-state index contributed by atoms with van der Waals surface area (Å²) in [6, 6.07) is 14.9. The van der Waals surface area contributed by atoms with Gasteiger partial charge in [0.2, 0.25) is 5.95 Å². The van der Waals surface area contributed by atoms with E-state index in [2.05, 4.69) is 36.5 Å². The number of aromatic nitrogens is 2. The molecule has 3 rings (SSSR count). The Bertz CT molecular complexity index is 888. The zero-order valence-electron chi connectivity index (χ0n) is 12.3. The van der Waals surface area contributed by atoms with Crippen LogP contribution in [0, 0.1) is 5.82 Å². The number of rotatable bonds is 4. The van der Waals surface area contributed by atoms with Crippen molar-refractivity contribution in [2.24, 2.45) is 0 Å². The number of carbonyl (C=O) groups excluding carboxylic acids is 1. The Morgan fingerprint density at radius 3 is 2.71 bits per heavy atom. The molecule has 0 fully saturated rings. The second kappa shape index (κ2) is 7.18. The van der Waals surface area contributed by atoms with Crippen molar-refractivity contribution in [3.05, 3.63) is 76.8 Å². The van der Waals surface area contributed by atoms with Crippen molar-refractivity contribution >= 4 is 39.2 Å². The quantitative estimate of drug-likeness (QED) is 0.698. The Kier molecular flexibility index (Phi) is 4.81. The van der Waals surface area contributed by atoms with Gasteiger partial charge in [-0.3, -0.25) is 4.79 Å². The third kappa shape index (κ3) is 3.94. The van der Waals surface area contributed by atoms with Crippen LogP contribution < -0.4 is 10.6 Å². The molecule has 0 aliphatic heterocycles. The summed E-state index contributed by atoms with van der Waals surface area (Å²) >= 11 is 3.34. The Morgan fingerprint density at radius 2 is 1.92 bits per heavy atom. The van der Waals surface area contributed by atoms with E-state index in [4.69, 9.17) is 0 Å². The highest BCUT2D eigenvalue weighted by Gasteiger charge is 2.10. The molecule has 1 aromatic heterocycles. The predicted octanol–water partition coefficient (Wildman–Crippen LogP) is 4.37. The van der Waals surface area contributed by atoms with Gasteiger partial charge < -0.3 is 10.6 Å². The van der Waals surface area contributed by atoms with Gasteiger partial charge in [0.15, 0.2) is 0 Å². The van der Waals surface area contributed by atoms with E-state index in [0.717, 1.165) is 4.47 Å². The maximum atomic E-state index is 13.7. The van der Waals surface area contributed by atoms with Crippen LogP contribution in [-0.4, -0.2) is 15.9 Å². The van der Waals surface area contributed by atoms with Crippen LogP contribution in [0.3, 0.4) is 0 Å². The van der Waals surface area contributed by atoms with E-state index in [0.29, 0.717) is 5.69 Å². The van der Waals surface area contributed by atoms with Crippen LogP contribution in [0.5, 0.6) is 0 Å². The Labute approximate surface area is 146 Å². The van der Waals surface area contributed by atoms with Gasteiger partial charge in [-0.1, -0.05) is 34.1 Å². The van der Waals surface area contributed by atoms with Crippen LogP contribution in [0.2, 0.25) is 0 Å². The topological polar surface area (TPSA) is 66.9 Å². The molecule has 0 unspecified atom stereocenters. The average Bonchev–Trinajstić information content (AvgIpc) is 2.57. The van der Waals surface area contributed by atoms with Crippen LogP contribution in [0.25, 0.3) is 0 Å². The summed E-state index contributed by atoms with van der Waals surface area (Å²) in [6.07, 6.45) is 1.44. The molecule has 7 heteroatoms. The molecule has 0 saturated carbocycles. The third-order valence-corrected chi connectivity index (χ3v) is 3.58. The summed E-state index contributed by atoms with van der Waals surface area (Å²) in [4.78, 5) is 20.4. The number of halogens is 2. The number of amides is 1. The molecular formula is C17H12BrFN4O. The molecule has 2 aromatic carbocycles. The van der Waals surface area contributed by atoms with Crippen LogP contribution in [-0.2, 0) is 0 Å². The van der Waals surface area contributed by atoms with Gasteiger partial charge in [0, 0.05) is 16.4 Å². The van der Waals surface area contributed by atoms with E-state index in [1.807, 2.05) is 12.1 Å². The van der Waals surface area contributed by atoms with Gasteiger partial charge in [-0.15, -0.1) is 0 Å². The molecule has 5 nitrogen and oxygen atoms in total. The summed E-state index contributed by atoms with van der Waals surface area (Å²) in [5.74, 6) is -0.667. The van der Waals surface area contributed by atoms with Gasteiger partial charge in [0.05, 0.1) is 5.69 Å². The van der Waals surface area contributed by atoms with Crippen LogP contribution in [0.1, 0.15) is 10.5 Å². The monoisotopic (exact) mass is 386 g/mol. The highest BCUT2D eigenvalue weighted by Crippen LogP contribution is 2.18. The number of anilines is 3. The fourth-order valence-corrected chi connectivity index (χ4v) is 2.39. The highest BCUT2D eigenvalue weighted by molar-refractivity contribution is 9.10. The van der Waals surface area contributed by atoms with E-state index in [1.165, 1.54) is 18.3 Å². The lowest BCUT2D eigenvalue weighted by Crippen LogP contribution is -2.14. The molecule has 0 bridgehead atoms. The van der Waals surface area contributed by atoms with Crippen molar-refractivity contribution < 1.29 is 9.18 Å². The van der Waals surface area contributed by atoms with Gasteiger partial charge in [-0.25, -0.2) is 14.4 Å². The van der Waals surface area contributed by atoms with Crippen LogP contribution in [0.15, 0.2) is 65.3 Å². The minimum atomic E-state index is -0.426. The second-order valence-electron chi connectivity index (χ2n) is 4.83. The zero-order valence-corrected chi connectivity index (χ0v) is 13.9. The number of hydrogen-bond donors (Lipinski definition) is 2. The standard InChI is InChI=1S/C17H12BrFN4O/c18-11-4-3-5-12(10-11)21-16(24)15-8-9-20-17(23-15)22-14-7-2-1-6-13(14)19/h1-10H,(H,21,24)(H,20,22,23). The summed E-state index contributed by atoms with van der Waals surface area (Å²) in [7, 11) is 0. The van der Waals surface area contributed by atoms with Crippen LogP contribution in [0.4, 0.5) is 21.7 Å². The lowest BCUT2D eigenvalue weighted by molar-refractivity contribution is 0.102. The Morgan fingerprint density at radius 1 is 1.08 bits per heavy atom. The van der Waals surface area contributed by atoms with E-state index in [9.17, 15) is 9.18 Å². The van der Waals surface area contributed by atoms with Gasteiger partial charge >= 0.3 is 0 Å². The lowest BCUT2D eigenvalue weighted by Gasteiger charge is -2.08. The summed E-state index contributed by atoms with van der Waals surface area (Å²) < 4.78 is 14.5. The molecule has 0 aliphatic rings. The normalized spacial score (nSPS) is 10.2. The number of nitrogens with zero attached hydrogens (tertiary/aromatic N) is 2. The minimum absolute atomic E-state index is 0.141. The molecule has 0 spiro atoms. The lowest BCUT2D eigenvalue weighted by atomic mass is 10.3. The molecule has 0 atom stereocenters. The van der Waals surface area contributed by atoms with Crippen molar-refractivity contribution in [2.75, 3.05) is 10.6 Å². The highest BCUT2D eigenvalue weighted by atomic mass is 79.9. The summed E-state index contributed by atoms with van der Waals surface area (Å²) in [5, 5.41) is 5.50. The molecule has 2 N–H and O–H groups in total. The van der Waals surface area contributed by atoms with Crippen molar-refractivity contribution in [3.8, 4) is 0 Å². The molecule has 120 valence electrons. The molecule has 1 amide bonds. The van der Waals surface area contributed by atoms with E-state index in [1.54, 1.807) is 30.3 Å². The van der Waals surface area contributed by atoms with Crippen LogP contribution >= 0.6 is 15.9 Å². The number of carbonyl (C=O) groups is 1. The third-order valence-electron chi connectivity index (χ3n) is 3.09. The van der Waals surface area contributed by atoms with Gasteiger partial charge in [-0.2, -0.15) is 0 Å². The number of para-hydroxylation sites is 1. The molecule has 0 aliphatic carbocycles. The van der Waals surface area contributed by atoms with Gasteiger partial charge in [0.1, 0.15) is 11.5 Å². The number of benzene rings is 2. The fourth-order valence-electron chi connectivity index (χ4n) is 1.99. The largest absolute Gasteiger partial charge is 0.322 e. The molecule has 1 heterocycles. The summed E-state index contributed by atoms with van der Waals surface area (Å²) in [5.41, 5.74) is 1.04. The van der Waals surface area contributed by atoms with Gasteiger partial charge in [-0.05, 0) is 36.4 Å². The SMILES string of the molecule is O=C(Nc1cccc(Br)c1)c1ccnc(Nc2ccccc2F)n1. The Hall–Kier alpha value is -2.80. The minimum Gasteiger partial charge on any atom is -0.322 e. The smallest absolute Gasteiger partial charge is 0.274 e. The first-order chi connectivity index (χ1) is 11.6. The molecule has 0 radical (unpaired) electrons. The first kappa shape index (κ1) is 16.1. The van der Waals surface area contributed by atoms with Gasteiger partial charge in [0.25, 0.3) is 5.91 Å². The Balaban J connectivity index is 1.77. The first-order valence-electron chi connectivity index (χ1n) is 7.03. The van der Waals surface area contributed by atoms with Crippen molar-refractivity contribution in [3.63, 3.8) is 0 Å². The number of nitrogens with one attached hydrogen (secondary N) is 2. The van der Waals surface area contributed by atoms with Crippen molar-refractivity contribution in [2.45, 2.75) is 0 Å². The van der Waals surface area contributed by atoms with Crippen molar-refractivity contribution in [1.29, 1.82) is 0 Å². The van der Waals surface area contributed by atoms with E-state index < -0.39 is 5.82 Å². The molecular weight excluding hydrogens is 375 g/mol. The fraction of sp³-hybridized carbons (Fsp3) is 0. The summed E-state index contributed by atoms with van der Waals surface area (Å²) in [6.45, 7) is 0. The predicted molar refractivity (Wildman–Crippen MR) is 93.8 cm³/mol. The van der Waals surface area contributed by atoms with E-state index >= 15 is 0 Å². The average molecular weight is 387 g/mol. The maximum Gasteiger partial charge on any atom is 0.274 e. The number of hydrogen-bond acceptors (Lipinski definition) is 4. The second-order valence-corrected chi connectivity index (χ2v) is 5.75.